The van der Waals surface area contributed by atoms with Gasteiger partial charge in [-0.3, -0.25) is 0 Å². The summed E-state index contributed by atoms with van der Waals surface area (Å²) in [6.07, 6.45) is 0. The third-order valence-electron chi connectivity index (χ3n) is 7.35. The molecule has 0 aromatic heterocycles. The highest BCUT2D eigenvalue weighted by molar-refractivity contribution is 7.84. The number of hydrogen-bond donors (Lipinski definition) is 0. The van der Waals surface area contributed by atoms with Crippen LogP contribution in [0.15, 0.2) is 115 Å². The molecule has 41 heavy (non-hydrogen) atoms. The lowest BCUT2D eigenvalue weighted by molar-refractivity contribution is 0.174. The van der Waals surface area contributed by atoms with E-state index in [1.807, 2.05) is 32.1 Å². The van der Waals surface area contributed by atoms with Gasteiger partial charge in [-0.1, -0.05) is 103 Å². The van der Waals surface area contributed by atoms with E-state index >= 15 is 0 Å². The Labute approximate surface area is 246 Å². The molecule has 1 aliphatic heterocycles. The first-order valence-electron chi connectivity index (χ1n) is 13.8. The van der Waals surface area contributed by atoms with Crippen molar-refractivity contribution in [1.29, 1.82) is 0 Å². The van der Waals surface area contributed by atoms with Gasteiger partial charge >= 0.3 is 0 Å². The molecule has 0 fully saturated rings. The summed E-state index contributed by atoms with van der Waals surface area (Å²) < 4.78 is 27.6. The van der Waals surface area contributed by atoms with Gasteiger partial charge in [0.2, 0.25) is 6.79 Å². The molecule has 0 radical (unpaired) electrons. The van der Waals surface area contributed by atoms with Crippen LogP contribution in [0.2, 0.25) is 0 Å². The minimum Gasteiger partial charge on any atom is -0.454 e. The highest BCUT2D eigenvalue weighted by Crippen LogP contribution is 2.45. The highest BCUT2D eigenvalue weighted by atomic mass is 32.2. The zero-order valence-corrected chi connectivity index (χ0v) is 25.5. The summed E-state index contributed by atoms with van der Waals surface area (Å²) in [7, 11) is -0.287. The van der Waals surface area contributed by atoms with E-state index in [-0.39, 0.29) is 12.8 Å². The third-order valence-corrected chi connectivity index (χ3v) is 11.6. The zero-order chi connectivity index (χ0) is 28.6. The number of nitrogens with zero attached hydrogens (tertiary/aromatic N) is 1. The van der Waals surface area contributed by atoms with Crippen LogP contribution in [0, 0.1) is 0 Å². The Bertz CT molecular complexity index is 1660. The number of hydrogen-bond acceptors (Lipinski definition) is 3. The van der Waals surface area contributed by atoms with Gasteiger partial charge in [-0.25, -0.2) is 8.51 Å². The number of benzene rings is 5. The summed E-state index contributed by atoms with van der Waals surface area (Å²) in [5, 5.41) is 5.94. The van der Waals surface area contributed by atoms with Crippen molar-refractivity contribution < 1.29 is 13.7 Å². The summed E-state index contributed by atoms with van der Waals surface area (Å²) >= 11 is 0. The second kappa shape index (κ2) is 11.4. The Hall–Kier alpha value is -3.50. The Morgan fingerprint density at radius 3 is 1.93 bits per heavy atom. The van der Waals surface area contributed by atoms with Gasteiger partial charge in [0, 0.05) is 7.05 Å². The predicted octanol–water partition coefficient (Wildman–Crippen LogP) is 6.81. The predicted molar refractivity (Wildman–Crippen MR) is 173 cm³/mol. The van der Waals surface area contributed by atoms with Gasteiger partial charge in [0.25, 0.3) is 0 Å². The van der Waals surface area contributed by atoms with Gasteiger partial charge in [0.15, 0.2) is 11.5 Å². The van der Waals surface area contributed by atoms with Crippen LogP contribution >= 0.6 is 7.92 Å². The van der Waals surface area contributed by atoms with Crippen molar-refractivity contribution in [2.45, 2.75) is 31.6 Å². The van der Waals surface area contributed by atoms with E-state index in [4.69, 9.17) is 9.47 Å². The zero-order valence-electron chi connectivity index (χ0n) is 23.8. The lowest BCUT2D eigenvalue weighted by Crippen LogP contribution is -2.39. The number of rotatable bonds is 7. The maximum Gasteiger partial charge on any atom is 0.231 e. The van der Waals surface area contributed by atoms with Gasteiger partial charge in [-0.2, -0.15) is 0 Å². The fourth-order valence-electron chi connectivity index (χ4n) is 5.52. The molecular formula is C35H34NO3PS. The van der Waals surface area contributed by atoms with E-state index < -0.39 is 23.7 Å². The molecule has 0 bridgehead atoms. The largest absolute Gasteiger partial charge is 0.454 e. The summed E-state index contributed by atoms with van der Waals surface area (Å²) in [5.41, 5.74) is 2.18. The van der Waals surface area contributed by atoms with Crippen LogP contribution in [0.3, 0.4) is 0 Å². The maximum atomic E-state index is 14.1. The van der Waals surface area contributed by atoms with E-state index in [0.717, 1.165) is 38.7 Å². The van der Waals surface area contributed by atoms with Crippen LogP contribution < -0.4 is 25.4 Å². The van der Waals surface area contributed by atoms with E-state index in [1.54, 1.807) is 0 Å². The molecule has 208 valence electrons. The Morgan fingerprint density at radius 2 is 1.29 bits per heavy atom. The summed E-state index contributed by atoms with van der Waals surface area (Å²) in [4.78, 5) is 0. The summed E-state index contributed by atoms with van der Waals surface area (Å²) in [6.45, 7) is 6.28. The maximum absolute atomic E-state index is 14.1. The van der Waals surface area contributed by atoms with Crippen LogP contribution in [0.4, 0.5) is 0 Å². The molecule has 0 aliphatic carbocycles. The molecule has 2 atom stereocenters. The Morgan fingerprint density at radius 1 is 0.732 bits per heavy atom. The first-order valence-corrected chi connectivity index (χ1v) is 16.2. The quantitative estimate of drug-likeness (QED) is 0.199. The van der Waals surface area contributed by atoms with E-state index in [1.165, 1.54) is 10.6 Å². The normalized spacial score (nSPS) is 14.5. The molecular weight excluding hydrogens is 545 g/mol. The average Bonchev–Trinajstić information content (AvgIpc) is 3.45. The third kappa shape index (κ3) is 5.42. The number of ether oxygens (including phenoxy) is 2. The average molecular weight is 580 g/mol. The van der Waals surface area contributed by atoms with Gasteiger partial charge < -0.3 is 9.47 Å². The fourth-order valence-corrected chi connectivity index (χ4v) is 9.29. The van der Waals surface area contributed by atoms with Crippen molar-refractivity contribution in [3.63, 3.8) is 0 Å². The molecule has 0 saturated carbocycles. The molecule has 1 heterocycles. The van der Waals surface area contributed by atoms with Gasteiger partial charge in [-0.05, 0) is 78.6 Å². The van der Waals surface area contributed by atoms with Crippen LogP contribution in [0.1, 0.15) is 37.9 Å². The molecule has 6 rings (SSSR count). The van der Waals surface area contributed by atoms with Crippen molar-refractivity contribution in [2.24, 2.45) is 0 Å². The van der Waals surface area contributed by atoms with Crippen molar-refractivity contribution in [2.75, 3.05) is 13.8 Å². The molecule has 1 unspecified atom stereocenters. The Balaban J connectivity index is 1.67. The van der Waals surface area contributed by atoms with Crippen molar-refractivity contribution in [1.82, 2.24) is 4.31 Å². The fraction of sp³-hybridized carbons (Fsp3) is 0.200. The van der Waals surface area contributed by atoms with Crippen molar-refractivity contribution >= 4 is 45.6 Å². The lowest BCUT2D eigenvalue weighted by Gasteiger charge is -2.35. The summed E-state index contributed by atoms with van der Waals surface area (Å²) in [5.74, 6) is 1.47. The molecule has 5 aromatic rings. The number of fused-ring (bicyclic) bond motifs is 2. The minimum atomic E-state index is -1.30. The molecule has 0 N–H and O–H groups in total. The Kier molecular flexibility index (Phi) is 7.70. The molecule has 0 spiro atoms. The molecule has 6 heteroatoms. The van der Waals surface area contributed by atoms with Crippen molar-refractivity contribution in [3.8, 4) is 11.5 Å². The highest BCUT2D eigenvalue weighted by Gasteiger charge is 2.36. The summed E-state index contributed by atoms with van der Waals surface area (Å²) in [6, 6.07) is 40.2. The standard InChI is InChI=1S/C35H34NO3PS/c1-35(2,3)41(37)36(4)34(29-21-13-15-25-14-11-12-20-28(25)29)30-22-31-32(39-24-38-31)23-33(30)40(26-16-7-5-8-17-26)27-18-9-6-10-19-27/h5-23,34H,24H2,1-4H3/t34?,41-/m1/s1. The molecule has 5 aromatic carbocycles. The van der Waals surface area contributed by atoms with Crippen LogP contribution in [0.5, 0.6) is 11.5 Å². The smallest absolute Gasteiger partial charge is 0.231 e. The van der Waals surface area contributed by atoms with E-state index in [9.17, 15) is 4.21 Å². The van der Waals surface area contributed by atoms with Gasteiger partial charge in [-0.15, -0.1) is 0 Å². The van der Waals surface area contributed by atoms with E-state index in [0.29, 0.717) is 0 Å². The second-order valence-corrected chi connectivity index (χ2v) is 15.6. The molecule has 4 nitrogen and oxygen atoms in total. The first kappa shape index (κ1) is 27.7. The molecule has 0 saturated heterocycles. The minimum absolute atomic E-state index is 0.190. The van der Waals surface area contributed by atoms with Crippen LogP contribution in [-0.4, -0.2) is 27.1 Å². The lowest BCUT2D eigenvalue weighted by atomic mass is 9.93. The van der Waals surface area contributed by atoms with Crippen LogP contribution in [-0.2, 0) is 11.0 Å². The molecule has 0 amide bonds. The van der Waals surface area contributed by atoms with Crippen LogP contribution in [0.25, 0.3) is 10.8 Å². The van der Waals surface area contributed by atoms with E-state index in [2.05, 4.69) is 115 Å². The van der Waals surface area contributed by atoms with Gasteiger partial charge in [0.05, 0.1) is 10.8 Å². The first-order chi connectivity index (χ1) is 19.8. The SMILES string of the molecule is CN(C(c1cc2c(cc1P(c1ccccc1)c1ccccc1)OCO2)c1cccc2ccccc12)[S@](=O)C(C)(C)C. The molecule has 1 aliphatic rings. The topological polar surface area (TPSA) is 38.8 Å². The van der Waals surface area contributed by atoms with Gasteiger partial charge in [0.1, 0.15) is 11.0 Å². The van der Waals surface area contributed by atoms with Crippen molar-refractivity contribution in [3.05, 3.63) is 126 Å². The monoisotopic (exact) mass is 579 g/mol. The second-order valence-electron chi connectivity index (χ2n) is 11.1.